The number of carbonyl (C=O) groups excluding carboxylic acids is 1. The maximum atomic E-state index is 11.9. The SMILES string of the molecule is C/C(=N\NC(=O)COc1ccccc1)c1ccc(OCc2ccccc2Cl)cc1. The lowest BCUT2D eigenvalue weighted by molar-refractivity contribution is -0.123. The summed E-state index contributed by atoms with van der Waals surface area (Å²) in [5, 5.41) is 4.80. The number of nitrogens with one attached hydrogen (secondary N) is 1. The van der Waals surface area contributed by atoms with Gasteiger partial charge in [0.15, 0.2) is 6.61 Å². The minimum Gasteiger partial charge on any atom is -0.489 e. The van der Waals surface area contributed by atoms with Gasteiger partial charge < -0.3 is 9.47 Å². The molecule has 0 heterocycles. The van der Waals surface area contributed by atoms with E-state index in [2.05, 4.69) is 10.5 Å². The van der Waals surface area contributed by atoms with Gasteiger partial charge in [0.25, 0.3) is 5.91 Å². The highest BCUT2D eigenvalue weighted by atomic mass is 35.5. The molecule has 0 saturated heterocycles. The van der Waals surface area contributed by atoms with E-state index in [4.69, 9.17) is 21.1 Å². The molecule has 0 radical (unpaired) electrons. The summed E-state index contributed by atoms with van der Waals surface area (Å²) in [7, 11) is 0. The molecule has 0 fully saturated rings. The van der Waals surface area contributed by atoms with E-state index in [0.29, 0.717) is 23.1 Å². The van der Waals surface area contributed by atoms with Gasteiger partial charge in [-0.2, -0.15) is 5.10 Å². The highest BCUT2D eigenvalue weighted by Crippen LogP contribution is 2.19. The van der Waals surface area contributed by atoms with Crippen molar-refractivity contribution in [2.45, 2.75) is 13.5 Å². The van der Waals surface area contributed by atoms with E-state index in [0.717, 1.165) is 16.9 Å². The average Bonchev–Trinajstić information content (AvgIpc) is 2.76. The Kier molecular flexibility index (Phi) is 7.25. The second-order valence-corrected chi connectivity index (χ2v) is 6.65. The Labute approximate surface area is 174 Å². The normalized spacial score (nSPS) is 11.0. The van der Waals surface area contributed by atoms with Crippen LogP contribution in [0.2, 0.25) is 5.02 Å². The van der Waals surface area contributed by atoms with E-state index in [1.807, 2.05) is 73.7 Å². The van der Waals surface area contributed by atoms with Crippen LogP contribution >= 0.6 is 11.6 Å². The minimum absolute atomic E-state index is 0.102. The van der Waals surface area contributed by atoms with Gasteiger partial charge in [-0.1, -0.05) is 48.0 Å². The zero-order chi connectivity index (χ0) is 20.5. The molecular formula is C23H21ClN2O3. The lowest BCUT2D eigenvalue weighted by Crippen LogP contribution is -2.25. The molecule has 3 aromatic rings. The van der Waals surface area contributed by atoms with Crippen molar-refractivity contribution in [2.24, 2.45) is 5.10 Å². The summed E-state index contributed by atoms with van der Waals surface area (Å²) in [6, 6.07) is 24.2. The summed E-state index contributed by atoms with van der Waals surface area (Å²) < 4.78 is 11.2. The van der Waals surface area contributed by atoms with E-state index in [-0.39, 0.29) is 12.5 Å². The largest absolute Gasteiger partial charge is 0.489 e. The second kappa shape index (κ2) is 10.3. The fourth-order valence-electron chi connectivity index (χ4n) is 2.48. The third-order valence-corrected chi connectivity index (χ3v) is 4.45. The first-order chi connectivity index (χ1) is 14.1. The number of rotatable bonds is 8. The number of hydrogen-bond donors (Lipinski definition) is 1. The van der Waals surface area contributed by atoms with Gasteiger partial charge in [0.05, 0.1) is 5.71 Å². The molecule has 5 nitrogen and oxygen atoms in total. The predicted molar refractivity (Wildman–Crippen MR) is 115 cm³/mol. The quantitative estimate of drug-likeness (QED) is 0.428. The Morgan fingerprint density at radius 2 is 1.55 bits per heavy atom. The first-order valence-corrected chi connectivity index (χ1v) is 9.47. The van der Waals surface area contributed by atoms with Crippen LogP contribution < -0.4 is 14.9 Å². The molecular weight excluding hydrogens is 388 g/mol. The number of ether oxygens (including phenoxy) is 2. The van der Waals surface area contributed by atoms with Crippen LogP contribution in [0.15, 0.2) is 84.0 Å². The molecule has 1 N–H and O–H groups in total. The highest BCUT2D eigenvalue weighted by Gasteiger charge is 2.04. The van der Waals surface area contributed by atoms with Gasteiger partial charge in [-0.3, -0.25) is 4.79 Å². The number of para-hydroxylation sites is 1. The molecule has 148 valence electrons. The zero-order valence-electron chi connectivity index (χ0n) is 16.0. The average molecular weight is 409 g/mol. The molecule has 29 heavy (non-hydrogen) atoms. The molecule has 3 rings (SSSR count). The Bertz CT molecular complexity index is 973. The van der Waals surface area contributed by atoms with E-state index in [1.54, 1.807) is 12.1 Å². The van der Waals surface area contributed by atoms with Gasteiger partial charge in [-0.25, -0.2) is 5.43 Å². The first-order valence-electron chi connectivity index (χ1n) is 9.09. The number of carbonyl (C=O) groups is 1. The molecule has 0 aliphatic rings. The number of benzene rings is 3. The van der Waals surface area contributed by atoms with Crippen LogP contribution in [-0.2, 0) is 11.4 Å². The molecule has 0 bridgehead atoms. The van der Waals surface area contributed by atoms with E-state index in [1.165, 1.54) is 0 Å². The van der Waals surface area contributed by atoms with Crippen molar-refractivity contribution in [3.63, 3.8) is 0 Å². The molecule has 3 aromatic carbocycles. The predicted octanol–water partition coefficient (Wildman–Crippen LogP) is 4.84. The molecule has 0 unspecified atom stereocenters. The molecule has 0 aliphatic heterocycles. The lowest BCUT2D eigenvalue weighted by atomic mass is 10.1. The summed E-state index contributed by atoms with van der Waals surface area (Å²) in [5.41, 5.74) is 4.98. The van der Waals surface area contributed by atoms with Crippen LogP contribution in [0.25, 0.3) is 0 Å². The molecule has 0 saturated carbocycles. The van der Waals surface area contributed by atoms with Gasteiger partial charge >= 0.3 is 0 Å². The Hall–Kier alpha value is -3.31. The smallest absolute Gasteiger partial charge is 0.277 e. The van der Waals surface area contributed by atoms with Crippen molar-refractivity contribution in [3.8, 4) is 11.5 Å². The maximum absolute atomic E-state index is 11.9. The van der Waals surface area contributed by atoms with Gasteiger partial charge in [0.1, 0.15) is 18.1 Å². The third-order valence-electron chi connectivity index (χ3n) is 4.09. The van der Waals surface area contributed by atoms with Gasteiger partial charge in [0.2, 0.25) is 0 Å². The lowest BCUT2D eigenvalue weighted by Gasteiger charge is -2.09. The number of nitrogens with zero attached hydrogens (tertiary/aromatic N) is 1. The minimum atomic E-state index is -0.326. The second-order valence-electron chi connectivity index (χ2n) is 6.24. The molecule has 1 amide bonds. The number of hydrazone groups is 1. The number of amides is 1. The highest BCUT2D eigenvalue weighted by molar-refractivity contribution is 6.31. The van der Waals surface area contributed by atoms with Crippen LogP contribution in [0.4, 0.5) is 0 Å². The van der Waals surface area contributed by atoms with E-state index < -0.39 is 0 Å². The monoisotopic (exact) mass is 408 g/mol. The van der Waals surface area contributed by atoms with Crippen molar-refractivity contribution in [3.05, 3.63) is 95.0 Å². The van der Waals surface area contributed by atoms with Crippen LogP contribution in [0.1, 0.15) is 18.1 Å². The fourth-order valence-corrected chi connectivity index (χ4v) is 2.67. The zero-order valence-corrected chi connectivity index (χ0v) is 16.7. The third kappa shape index (κ3) is 6.36. The van der Waals surface area contributed by atoms with E-state index >= 15 is 0 Å². The van der Waals surface area contributed by atoms with Gasteiger partial charge in [-0.05, 0) is 55.0 Å². The fraction of sp³-hybridized carbons (Fsp3) is 0.130. The van der Waals surface area contributed by atoms with Crippen molar-refractivity contribution in [1.82, 2.24) is 5.43 Å². The summed E-state index contributed by atoms with van der Waals surface area (Å²) in [5.74, 6) is 1.03. The Morgan fingerprint density at radius 1 is 0.897 bits per heavy atom. The molecule has 6 heteroatoms. The topological polar surface area (TPSA) is 59.9 Å². The standard InChI is InChI=1S/C23H21ClN2O3/c1-17(25-26-23(27)16-29-20-8-3-2-4-9-20)18-11-13-21(14-12-18)28-15-19-7-5-6-10-22(19)24/h2-14H,15-16H2,1H3,(H,26,27)/b25-17+. The summed E-state index contributed by atoms with van der Waals surface area (Å²) >= 11 is 6.14. The van der Waals surface area contributed by atoms with Gasteiger partial charge in [0, 0.05) is 10.6 Å². The number of hydrogen-bond acceptors (Lipinski definition) is 4. The Morgan fingerprint density at radius 3 is 2.28 bits per heavy atom. The van der Waals surface area contributed by atoms with Crippen molar-refractivity contribution < 1.29 is 14.3 Å². The van der Waals surface area contributed by atoms with Crippen molar-refractivity contribution in [2.75, 3.05) is 6.61 Å². The van der Waals surface area contributed by atoms with Crippen molar-refractivity contribution >= 4 is 23.2 Å². The first kappa shape index (κ1) is 20.4. The van der Waals surface area contributed by atoms with Crippen LogP contribution in [-0.4, -0.2) is 18.2 Å². The van der Waals surface area contributed by atoms with Crippen LogP contribution in [0, 0.1) is 0 Å². The van der Waals surface area contributed by atoms with Crippen LogP contribution in [0.5, 0.6) is 11.5 Å². The molecule has 0 aromatic heterocycles. The summed E-state index contributed by atoms with van der Waals surface area (Å²) in [4.78, 5) is 11.9. The molecule has 0 spiro atoms. The summed E-state index contributed by atoms with van der Waals surface area (Å²) in [6.45, 7) is 2.11. The maximum Gasteiger partial charge on any atom is 0.277 e. The Balaban J connectivity index is 1.49. The van der Waals surface area contributed by atoms with E-state index in [9.17, 15) is 4.79 Å². The van der Waals surface area contributed by atoms with Crippen LogP contribution in [0.3, 0.4) is 0 Å². The van der Waals surface area contributed by atoms with Gasteiger partial charge in [-0.15, -0.1) is 0 Å². The molecule has 0 aliphatic carbocycles. The summed E-state index contributed by atoms with van der Waals surface area (Å²) in [6.07, 6.45) is 0. The molecule has 0 atom stereocenters. The van der Waals surface area contributed by atoms with Crippen molar-refractivity contribution in [1.29, 1.82) is 0 Å². The number of halogens is 1.